The first-order valence-electron chi connectivity index (χ1n) is 6.42. The van der Waals surface area contributed by atoms with Gasteiger partial charge in [-0.1, -0.05) is 17.3 Å². The van der Waals surface area contributed by atoms with Crippen LogP contribution in [0.5, 0.6) is 5.75 Å². The molecule has 0 radical (unpaired) electrons. The van der Waals surface area contributed by atoms with E-state index in [1.54, 1.807) is 48.8 Å². The molecule has 0 fully saturated rings. The summed E-state index contributed by atoms with van der Waals surface area (Å²) in [6.07, 6.45) is 3.27. The van der Waals surface area contributed by atoms with Crippen LogP contribution in [0.2, 0.25) is 0 Å². The summed E-state index contributed by atoms with van der Waals surface area (Å²) in [5.41, 5.74) is 1.31. The molecule has 1 aromatic carbocycles. The van der Waals surface area contributed by atoms with Gasteiger partial charge in [0.15, 0.2) is 6.61 Å². The number of rotatable bonds is 5. The summed E-state index contributed by atoms with van der Waals surface area (Å²) < 4.78 is 10.5. The maximum atomic E-state index is 10.6. The number of aromatic nitrogens is 3. The van der Waals surface area contributed by atoms with Gasteiger partial charge >= 0.3 is 5.97 Å². The quantitative estimate of drug-likeness (QED) is 0.771. The topological polar surface area (TPSA) is 98.3 Å². The molecule has 110 valence electrons. The predicted molar refractivity (Wildman–Crippen MR) is 76.1 cm³/mol. The number of benzene rings is 1. The monoisotopic (exact) mass is 297 g/mol. The molecule has 3 aromatic rings. The summed E-state index contributed by atoms with van der Waals surface area (Å²) in [5, 5.41) is 12.6. The molecule has 2 aromatic heterocycles. The van der Waals surface area contributed by atoms with Gasteiger partial charge in [0.2, 0.25) is 5.82 Å². The van der Waals surface area contributed by atoms with E-state index in [0.29, 0.717) is 17.1 Å². The van der Waals surface area contributed by atoms with Crippen LogP contribution in [-0.4, -0.2) is 32.8 Å². The maximum absolute atomic E-state index is 10.6. The number of hydrogen-bond acceptors (Lipinski definition) is 6. The van der Waals surface area contributed by atoms with E-state index in [1.165, 1.54) is 0 Å². The first-order chi connectivity index (χ1) is 10.7. The molecular formula is C15H11N3O4. The summed E-state index contributed by atoms with van der Waals surface area (Å²) in [6.45, 7) is -0.442. The van der Waals surface area contributed by atoms with Crippen LogP contribution in [0.4, 0.5) is 0 Å². The minimum atomic E-state index is -1.06. The van der Waals surface area contributed by atoms with Gasteiger partial charge < -0.3 is 14.4 Å². The molecule has 0 bridgehead atoms. The molecule has 3 rings (SSSR count). The molecule has 0 saturated carbocycles. The van der Waals surface area contributed by atoms with Crippen LogP contribution in [0.15, 0.2) is 53.3 Å². The third kappa shape index (κ3) is 2.93. The number of hydrogen-bond donors (Lipinski definition) is 1. The predicted octanol–water partition coefficient (Wildman–Crippen LogP) is 2.26. The van der Waals surface area contributed by atoms with Crippen LogP contribution in [0.1, 0.15) is 0 Å². The summed E-state index contributed by atoms with van der Waals surface area (Å²) >= 11 is 0. The van der Waals surface area contributed by atoms with Gasteiger partial charge in [0, 0.05) is 18.0 Å². The zero-order valence-electron chi connectivity index (χ0n) is 11.3. The Balaban J connectivity index is 1.92. The van der Waals surface area contributed by atoms with Crippen molar-refractivity contribution < 1.29 is 19.2 Å². The van der Waals surface area contributed by atoms with E-state index >= 15 is 0 Å². The smallest absolute Gasteiger partial charge is 0.341 e. The Labute approximate surface area is 125 Å². The molecule has 7 heteroatoms. The average Bonchev–Trinajstić information content (AvgIpc) is 3.04. The van der Waals surface area contributed by atoms with Gasteiger partial charge in [-0.05, 0) is 24.3 Å². The Morgan fingerprint density at radius 2 is 1.95 bits per heavy atom. The summed E-state index contributed by atoms with van der Waals surface area (Å²) in [7, 11) is 0. The van der Waals surface area contributed by atoms with E-state index in [-0.39, 0.29) is 5.89 Å². The second kappa shape index (κ2) is 6.04. The zero-order chi connectivity index (χ0) is 15.4. The Morgan fingerprint density at radius 3 is 2.73 bits per heavy atom. The van der Waals surface area contributed by atoms with Gasteiger partial charge in [0.1, 0.15) is 5.75 Å². The van der Waals surface area contributed by atoms with E-state index in [1.807, 2.05) is 0 Å². The minimum absolute atomic E-state index is 0.257. The minimum Gasteiger partial charge on any atom is -0.481 e. The molecule has 0 saturated heterocycles. The average molecular weight is 297 g/mol. The highest BCUT2D eigenvalue weighted by molar-refractivity contribution is 5.70. The van der Waals surface area contributed by atoms with E-state index in [2.05, 4.69) is 15.1 Å². The molecule has 0 atom stereocenters. The maximum Gasteiger partial charge on any atom is 0.341 e. The lowest BCUT2D eigenvalue weighted by Gasteiger charge is -2.06. The molecule has 1 N–H and O–H groups in total. The molecule has 0 spiro atoms. The zero-order valence-corrected chi connectivity index (χ0v) is 11.3. The number of carboxylic acid groups (broad SMARTS) is 1. The largest absolute Gasteiger partial charge is 0.481 e. The fourth-order valence-corrected chi connectivity index (χ4v) is 1.86. The van der Waals surface area contributed by atoms with Crippen molar-refractivity contribution in [1.29, 1.82) is 0 Å². The van der Waals surface area contributed by atoms with Crippen molar-refractivity contribution in [2.45, 2.75) is 0 Å². The van der Waals surface area contributed by atoms with Crippen LogP contribution >= 0.6 is 0 Å². The van der Waals surface area contributed by atoms with Crippen molar-refractivity contribution in [3.8, 4) is 28.6 Å². The lowest BCUT2D eigenvalue weighted by atomic mass is 10.2. The summed E-state index contributed by atoms with van der Waals surface area (Å²) in [4.78, 5) is 18.9. The number of ether oxygens (including phenoxy) is 1. The summed E-state index contributed by atoms with van der Waals surface area (Å²) in [5.74, 6) is -0.00845. The van der Waals surface area contributed by atoms with Gasteiger partial charge in [0.05, 0.1) is 5.56 Å². The fourth-order valence-electron chi connectivity index (χ4n) is 1.86. The standard InChI is InChI=1S/C15H11N3O4/c19-13(20)9-21-12-4-2-1-3-11(12)15-17-14(18-22-15)10-5-7-16-8-6-10/h1-8H,9H2,(H,19,20). The van der Waals surface area contributed by atoms with Crippen molar-refractivity contribution in [2.24, 2.45) is 0 Å². The van der Waals surface area contributed by atoms with Gasteiger partial charge in [-0.3, -0.25) is 4.98 Å². The Hall–Kier alpha value is -3.22. The fraction of sp³-hybridized carbons (Fsp3) is 0.0667. The number of carbonyl (C=O) groups is 1. The molecule has 0 aliphatic rings. The highest BCUT2D eigenvalue weighted by atomic mass is 16.5. The molecule has 7 nitrogen and oxygen atoms in total. The van der Waals surface area contributed by atoms with Crippen LogP contribution in [0.3, 0.4) is 0 Å². The molecule has 0 unspecified atom stereocenters. The molecule has 0 aliphatic heterocycles. The Kier molecular flexibility index (Phi) is 3.78. The molecular weight excluding hydrogens is 286 g/mol. The van der Waals surface area contributed by atoms with Gasteiger partial charge in [-0.25, -0.2) is 4.79 Å². The lowest BCUT2D eigenvalue weighted by Crippen LogP contribution is -2.09. The molecule has 22 heavy (non-hydrogen) atoms. The summed E-state index contributed by atoms with van der Waals surface area (Å²) in [6, 6.07) is 10.4. The van der Waals surface area contributed by atoms with Crippen molar-refractivity contribution in [3.63, 3.8) is 0 Å². The van der Waals surface area contributed by atoms with Crippen LogP contribution in [0.25, 0.3) is 22.8 Å². The lowest BCUT2D eigenvalue weighted by molar-refractivity contribution is -0.139. The number of para-hydroxylation sites is 1. The first-order valence-corrected chi connectivity index (χ1v) is 6.42. The van der Waals surface area contributed by atoms with E-state index in [4.69, 9.17) is 14.4 Å². The first kappa shape index (κ1) is 13.7. The Morgan fingerprint density at radius 1 is 1.18 bits per heavy atom. The molecule has 0 amide bonds. The van der Waals surface area contributed by atoms with Crippen LogP contribution in [-0.2, 0) is 4.79 Å². The third-order valence-corrected chi connectivity index (χ3v) is 2.83. The highest BCUT2D eigenvalue weighted by Crippen LogP contribution is 2.29. The second-order valence-electron chi connectivity index (χ2n) is 4.34. The van der Waals surface area contributed by atoms with Crippen LogP contribution in [0, 0.1) is 0 Å². The number of aliphatic carboxylic acids is 1. The van der Waals surface area contributed by atoms with E-state index in [0.717, 1.165) is 5.56 Å². The van der Waals surface area contributed by atoms with Gasteiger partial charge in [-0.15, -0.1) is 0 Å². The normalized spacial score (nSPS) is 10.4. The van der Waals surface area contributed by atoms with Crippen molar-refractivity contribution in [2.75, 3.05) is 6.61 Å². The van der Waals surface area contributed by atoms with Gasteiger partial charge in [0.25, 0.3) is 5.89 Å². The number of pyridine rings is 1. The van der Waals surface area contributed by atoms with Crippen LogP contribution < -0.4 is 4.74 Å². The molecule has 2 heterocycles. The van der Waals surface area contributed by atoms with Gasteiger partial charge in [-0.2, -0.15) is 4.98 Å². The third-order valence-electron chi connectivity index (χ3n) is 2.83. The SMILES string of the molecule is O=C(O)COc1ccccc1-c1nc(-c2ccncc2)no1. The number of nitrogens with zero attached hydrogens (tertiary/aromatic N) is 3. The van der Waals surface area contributed by atoms with Crippen molar-refractivity contribution in [3.05, 3.63) is 48.8 Å². The van der Waals surface area contributed by atoms with Crippen molar-refractivity contribution >= 4 is 5.97 Å². The molecule has 0 aliphatic carbocycles. The Bertz CT molecular complexity index is 786. The highest BCUT2D eigenvalue weighted by Gasteiger charge is 2.15. The van der Waals surface area contributed by atoms with E-state index < -0.39 is 12.6 Å². The number of carboxylic acids is 1. The van der Waals surface area contributed by atoms with Crippen molar-refractivity contribution in [1.82, 2.24) is 15.1 Å². The second-order valence-corrected chi connectivity index (χ2v) is 4.34. The van der Waals surface area contributed by atoms with E-state index in [9.17, 15) is 4.79 Å².